The molecule has 2 aliphatic rings. The fourth-order valence-electron chi connectivity index (χ4n) is 4.19. The molecule has 1 atom stereocenters. The molecule has 26 heavy (non-hydrogen) atoms. The number of carbonyl (C=O) groups excluding carboxylic acids is 1. The number of nitrogens with one attached hydrogen (secondary N) is 1. The number of pyridine rings is 1. The summed E-state index contributed by atoms with van der Waals surface area (Å²) in [6.07, 6.45) is 2.11. The number of aromatic amines is 1. The number of aliphatic carboxylic acids is 1. The Morgan fingerprint density at radius 1 is 1.38 bits per heavy atom. The van der Waals surface area contributed by atoms with Crippen molar-refractivity contribution in [1.82, 2.24) is 14.8 Å². The maximum Gasteiger partial charge on any atom is 0.320 e. The van der Waals surface area contributed by atoms with Crippen LogP contribution in [0.3, 0.4) is 0 Å². The maximum absolute atomic E-state index is 12.8. The number of hydrogen-bond acceptors (Lipinski definition) is 5. The van der Waals surface area contributed by atoms with Gasteiger partial charge in [-0.3, -0.25) is 19.3 Å². The summed E-state index contributed by atoms with van der Waals surface area (Å²) >= 11 is 0. The smallest absolute Gasteiger partial charge is 0.320 e. The number of rotatable bonds is 2. The lowest BCUT2D eigenvalue weighted by Crippen LogP contribution is -2.44. The van der Waals surface area contributed by atoms with E-state index in [1.807, 2.05) is 11.9 Å². The van der Waals surface area contributed by atoms with Crippen molar-refractivity contribution in [2.24, 2.45) is 5.41 Å². The number of hydrogen-bond donors (Lipinski definition) is 2. The molecule has 2 aliphatic heterocycles. The zero-order chi connectivity index (χ0) is 19.1. The molecular weight excluding hydrogens is 336 g/mol. The lowest BCUT2D eigenvalue weighted by atomic mass is 9.76. The van der Waals surface area contributed by atoms with Crippen LogP contribution in [0.2, 0.25) is 0 Å². The van der Waals surface area contributed by atoms with Crippen LogP contribution < -0.4 is 5.56 Å². The van der Waals surface area contributed by atoms with Gasteiger partial charge in [0.25, 0.3) is 11.5 Å². The number of likely N-dealkylation sites (tertiary alicyclic amines) is 2. The molecule has 2 fully saturated rings. The van der Waals surface area contributed by atoms with Crippen LogP contribution in [0.5, 0.6) is 0 Å². The second kappa shape index (κ2) is 6.57. The van der Waals surface area contributed by atoms with E-state index in [1.54, 1.807) is 17.9 Å². The van der Waals surface area contributed by atoms with Crippen LogP contribution in [0, 0.1) is 23.7 Å². The van der Waals surface area contributed by atoms with Crippen molar-refractivity contribution in [2.45, 2.75) is 32.2 Å². The third-order valence-electron chi connectivity index (χ3n) is 5.73. The minimum Gasteiger partial charge on any atom is -0.480 e. The van der Waals surface area contributed by atoms with E-state index in [2.05, 4.69) is 4.98 Å². The van der Waals surface area contributed by atoms with Gasteiger partial charge in [-0.25, -0.2) is 0 Å². The molecule has 2 saturated heterocycles. The summed E-state index contributed by atoms with van der Waals surface area (Å²) in [6, 6.07) is 2.70. The number of carbonyl (C=O) groups is 2. The lowest BCUT2D eigenvalue weighted by Gasteiger charge is -2.39. The predicted molar refractivity (Wildman–Crippen MR) is 92.8 cm³/mol. The highest BCUT2D eigenvalue weighted by atomic mass is 16.4. The third kappa shape index (κ3) is 3.10. The van der Waals surface area contributed by atoms with E-state index >= 15 is 0 Å². The van der Waals surface area contributed by atoms with Crippen LogP contribution >= 0.6 is 0 Å². The van der Waals surface area contributed by atoms with Crippen molar-refractivity contribution in [1.29, 1.82) is 5.26 Å². The third-order valence-corrected chi connectivity index (χ3v) is 5.73. The van der Waals surface area contributed by atoms with Gasteiger partial charge in [0.2, 0.25) is 0 Å². The van der Waals surface area contributed by atoms with E-state index in [0.717, 1.165) is 19.4 Å². The van der Waals surface area contributed by atoms with Gasteiger partial charge < -0.3 is 15.0 Å². The Hall–Kier alpha value is -2.66. The molecule has 3 rings (SSSR count). The van der Waals surface area contributed by atoms with Crippen LogP contribution in [0.1, 0.15) is 40.9 Å². The van der Waals surface area contributed by atoms with Crippen LogP contribution in [0.15, 0.2) is 10.9 Å². The first-order valence-electron chi connectivity index (χ1n) is 8.63. The van der Waals surface area contributed by atoms with Crippen molar-refractivity contribution in [2.75, 3.05) is 26.7 Å². The maximum atomic E-state index is 12.8. The first-order chi connectivity index (χ1) is 12.3. The summed E-state index contributed by atoms with van der Waals surface area (Å²) in [5.74, 6) is -0.998. The van der Waals surface area contributed by atoms with Gasteiger partial charge in [0.1, 0.15) is 17.7 Å². The molecule has 8 nitrogen and oxygen atoms in total. The molecule has 1 amide bonds. The van der Waals surface area contributed by atoms with E-state index in [0.29, 0.717) is 30.8 Å². The summed E-state index contributed by atoms with van der Waals surface area (Å²) in [5.41, 5.74) is 0.156. The molecule has 0 saturated carbocycles. The minimum absolute atomic E-state index is 0.0630. The Labute approximate surface area is 151 Å². The van der Waals surface area contributed by atoms with Gasteiger partial charge in [-0.2, -0.15) is 5.26 Å². The number of carboxylic acid groups (broad SMARTS) is 1. The molecule has 8 heteroatoms. The van der Waals surface area contributed by atoms with Gasteiger partial charge >= 0.3 is 5.97 Å². The summed E-state index contributed by atoms with van der Waals surface area (Å²) in [5, 5.41) is 18.3. The van der Waals surface area contributed by atoms with Crippen LogP contribution in [0.4, 0.5) is 0 Å². The molecule has 1 aromatic rings. The van der Waals surface area contributed by atoms with Gasteiger partial charge in [0.15, 0.2) is 0 Å². The van der Waals surface area contributed by atoms with Crippen molar-refractivity contribution < 1.29 is 14.7 Å². The average molecular weight is 358 g/mol. The number of aryl methyl sites for hydroxylation is 1. The van der Waals surface area contributed by atoms with Crippen LogP contribution in [0.25, 0.3) is 0 Å². The van der Waals surface area contributed by atoms with E-state index in [9.17, 15) is 19.5 Å². The van der Waals surface area contributed by atoms with Crippen molar-refractivity contribution in [3.8, 4) is 6.07 Å². The minimum atomic E-state index is -0.796. The molecule has 0 aliphatic carbocycles. The van der Waals surface area contributed by atoms with E-state index in [4.69, 9.17) is 5.26 Å². The SMILES string of the molecule is Cc1[nH]c(=O)c(C#N)cc1C(=O)N1CCC2(CC1)CC(C(=O)O)N(C)C2. The Balaban J connectivity index is 1.73. The number of piperidine rings is 1. The molecular formula is C18H22N4O4. The largest absolute Gasteiger partial charge is 0.480 e. The Morgan fingerprint density at radius 3 is 2.58 bits per heavy atom. The van der Waals surface area contributed by atoms with Gasteiger partial charge in [-0.15, -0.1) is 0 Å². The second-order valence-electron chi connectivity index (χ2n) is 7.43. The number of H-pyrrole nitrogens is 1. The summed E-state index contributed by atoms with van der Waals surface area (Å²) in [4.78, 5) is 42.0. The molecule has 0 aromatic carbocycles. The molecule has 1 unspecified atom stereocenters. The Kier molecular flexibility index (Phi) is 4.59. The van der Waals surface area contributed by atoms with Crippen molar-refractivity contribution >= 4 is 11.9 Å². The van der Waals surface area contributed by atoms with Gasteiger partial charge in [-0.05, 0) is 44.7 Å². The number of likely N-dealkylation sites (N-methyl/N-ethyl adjacent to an activating group) is 1. The first kappa shape index (κ1) is 18.1. The second-order valence-corrected chi connectivity index (χ2v) is 7.43. The number of carboxylic acids is 1. The fourth-order valence-corrected chi connectivity index (χ4v) is 4.19. The molecule has 1 spiro atoms. The lowest BCUT2D eigenvalue weighted by molar-refractivity contribution is -0.141. The summed E-state index contributed by atoms with van der Waals surface area (Å²) in [6.45, 7) is 3.45. The van der Waals surface area contributed by atoms with Crippen molar-refractivity contribution in [3.05, 3.63) is 33.2 Å². The zero-order valence-corrected chi connectivity index (χ0v) is 14.9. The van der Waals surface area contributed by atoms with Crippen LogP contribution in [-0.4, -0.2) is 64.5 Å². The van der Waals surface area contributed by atoms with Gasteiger partial charge in [0, 0.05) is 25.3 Å². The van der Waals surface area contributed by atoms with Crippen LogP contribution in [-0.2, 0) is 4.79 Å². The molecule has 138 valence electrons. The summed E-state index contributed by atoms with van der Waals surface area (Å²) in [7, 11) is 1.83. The number of nitriles is 1. The first-order valence-corrected chi connectivity index (χ1v) is 8.63. The predicted octanol–water partition coefficient (Wildman–Crippen LogP) is 0.566. The monoisotopic (exact) mass is 358 g/mol. The highest BCUT2D eigenvalue weighted by Gasteiger charge is 2.47. The van der Waals surface area contributed by atoms with E-state index in [1.165, 1.54) is 6.07 Å². The standard InChI is InChI=1S/C18H22N4O4/c1-11-13(7-12(9-19)15(23)20-11)16(24)22-5-3-18(4-6-22)8-14(17(25)26)21(2)10-18/h7,14H,3-6,8,10H2,1-2H3,(H,20,23)(H,25,26). The van der Waals surface area contributed by atoms with Gasteiger partial charge in [-0.1, -0.05) is 0 Å². The Bertz CT molecular complexity index is 846. The quantitative estimate of drug-likeness (QED) is 0.798. The van der Waals surface area contributed by atoms with Gasteiger partial charge in [0.05, 0.1) is 5.56 Å². The highest BCUT2D eigenvalue weighted by Crippen LogP contribution is 2.43. The van der Waals surface area contributed by atoms with E-state index < -0.39 is 17.6 Å². The molecule has 0 radical (unpaired) electrons. The number of nitrogens with zero attached hydrogens (tertiary/aromatic N) is 3. The zero-order valence-electron chi connectivity index (χ0n) is 14.9. The number of amides is 1. The topological polar surface area (TPSA) is 118 Å². The molecule has 3 heterocycles. The molecule has 2 N–H and O–H groups in total. The van der Waals surface area contributed by atoms with E-state index in [-0.39, 0.29) is 16.9 Å². The summed E-state index contributed by atoms with van der Waals surface area (Å²) < 4.78 is 0. The fraction of sp³-hybridized carbons (Fsp3) is 0.556. The molecule has 1 aromatic heterocycles. The Morgan fingerprint density at radius 2 is 2.04 bits per heavy atom. The normalized spacial score (nSPS) is 22.3. The van der Waals surface area contributed by atoms with Crippen molar-refractivity contribution in [3.63, 3.8) is 0 Å². The average Bonchev–Trinajstić information content (AvgIpc) is 2.91. The number of aromatic nitrogens is 1. The highest BCUT2D eigenvalue weighted by molar-refractivity contribution is 5.95. The molecule has 0 bridgehead atoms.